The van der Waals surface area contributed by atoms with Crippen LogP contribution < -0.4 is 0 Å². The van der Waals surface area contributed by atoms with Crippen molar-refractivity contribution in [3.05, 3.63) is 12.2 Å². The van der Waals surface area contributed by atoms with Gasteiger partial charge in [0.1, 0.15) is 0 Å². The number of rotatable bonds is 0. The first kappa shape index (κ1) is 15.2. The first-order valence-electron chi connectivity index (χ1n) is 9.28. The summed E-state index contributed by atoms with van der Waals surface area (Å²) in [5.41, 5.74) is 1.31. The molecule has 2 nitrogen and oxygen atoms in total. The van der Waals surface area contributed by atoms with Crippen molar-refractivity contribution in [3.63, 3.8) is 0 Å². The molecule has 7 atom stereocenters. The molecule has 4 fully saturated rings. The first-order valence-corrected chi connectivity index (χ1v) is 9.28. The van der Waals surface area contributed by atoms with Crippen LogP contribution in [0, 0.1) is 34.0 Å². The molecule has 1 spiro atoms. The van der Waals surface area contributed by atoms with Gasteiger partial charge in [-0.2, -0.15) is 0 Å². The quantitative estimate of drug-likeness (QED) is 0.666. The first-order chi connectivity index (χ1) is 10.2. The summed E-state index contributed by atoms with van der Waals surface area (Å²) in [5, 5.41) is 22.2. The zero-order valence-corrected chi connectivity index (χ0v) is 14.4. The van der Waals surface area contributed by atoms with Gasteiger partial charge in [0.15, 0.2) is 0 Å². The highest BCUT2D eigenvalue weighted by molar-refractivity contribution is 5.29. The van der Waals surface area contributed by atoms with E-state index in [0.29, 0.717) is 23.2 Å². The molecule has 4 aliphatic rings. The highest BCUT2D eigenvalue weighted by atomic mass is 16.3. The lowest BCUT2D eigenvalue weighted by atomic mass is 9.40. The predicted molar refractivity (Wildman–Crippen MR) is 88.3 cm³/mol. The van der Waals surface area contributed by atoms with E-state index in [-0.39, 0.29) is 16.9 Å². The summed E-state index contributed by atoms with van der Waals surface area (Å²) < 4.78 is 0. The van der Waals surface area contributed by atoms with Crippen LogP contribution in [-0.2, 0) is 0 Å². The summed E-state index contributed by atoms with van der Waals surface area (Å²) in [6, 6.07) is 0. The summed E-state index contributed by atoms with van der Waals surface area (Å²) in [6.07, 6.45) is 7.18. The fraction of sp³-hybridized carbons (Fsp3) is 0.900. The zero-order valence-electron chi connectivity index (χ0n) is 14.4. The summed E-state index contributed by atoms with van der Waals surface area (Å²) in [4.78, 5) is 0. The van der Waals surface area contributed by atoms with Gasteiger partial charge in [-0.3, -0.25) is 0 Å². The Labute approximate surface area is 135 Å². The second-order valence-corrected chi connectivity index (χ2v) is 9.77. The van der Waals surface area contributed by atoms with Crippen LogP contribution in [0.4, 0.5) is 0 Å². The minimum Gasteiger partial charge on any atom is -0.392 e. The number of fused-ring (bicyclic) bond motifs is 3. The van der Waals surface area contributed by atoms with E-state index in [4.69, 9.17) is 0 Å². The van der Waals surface area contributed by atoms with E-state index < -0.39 is 6.10 Å². The highest BCUT2D eigenvalue weighted by Crippen LogP contribution is 2.71. The lowest BCUT2D eigenvalue weighted by molar-refractivity contribution is -0.219. The lowest BCUT2D eigenvalue weighted by Gasteiger charge is -2.65. The Bertz CT molecular complexity index is 510. The fourth-order valence-electron chi connectivity index (χ4n) is 7.60. The largest absolute Gasteiger partial charge is 0.392 e. The minimum absolute atomic E-state index is 0.275. The summed E-state index contributed by atoms with van der Waals surface area (Å²) >= 11 is 0. The maximum Gasteiger partial charge on any atom is 0.0834 e. The van der Waals surface area contributed by atoms with E-state index in [9.17, 15) is 10.2 Å². The van der Waals surface area contributed by atoms with E-state index in [0.717, 1.165) is 24.8 Å². The monoisotopic (exact) mass is 304 g/mol. The van der Waals surface area contributed by atoms with Gasteiger partial charge >= 0.3 is 0 Å². The SMILES string of the molecule is C=C1[C@@H]2CC[C@H]3[C@]4(C)CCCC(C)(C)[C@H]4C[C@@H](O)[C@]3(C2)[C@H]1O. The van der Waals surface area contributed by atoms with Crippen molar-refractivity contribution in [2.75, 3.05) is 0 Å². The highest BCUT2D eigenvalue weighted by Gasteiger charge is 2.69. The average Bonchev–Trinajstić information content (AvgIpc) is 2.64. The Morgan fingerprint density at radius 3 is 2.50 bits per heavy atom. The molecular weight excluding hydrogens is 272 g/mol. The summed E-state index contributed by atoms with van der Waals surface area (Å²) in [6.45, 7) is 11.5. The van der Waals surface area contributed by atoms with Crippen molar-refractivity contribution in [2.45, 2.75) is 77.9 Å². The van der Waals surface area contributed by atoms with Gasteiger partial charge in [0.25, 0.3) is 0 Å². The number of hydrogen-bond donors (Lipinski definition) is 2. The topological polar surface area (TPSA) is 40.5 Å². The predicted octanol–water partition coefficient (Wildman–Crippen LogP) is 3.92. The van der Waals surface area contributed by atoms with E-state index in [1.807, 2.05) is 0 Å². The third kappa shape index (κ3) is 1.59. The molecule has 0 radical (unpaired) electrons. The van der Waals surface area contributed by atoms with Crippen LogP contribution in [0.5, 0.6) is 0 Å². The Balaban J connectivity index is 1.82. The van der Waals surface area contributed by atoms with E-state index in [1.165, 1.54) is 25.7 Å². The lowest BCUT2D eigenvalue weighted by Crippen LogP contribution is -2.63. The van der Waals surface area contributed by atoms with Crippen LogP contribution in [0.1, 0.15) is 65.7 Å². The smallest absolute Gasteiger partial charge is 0.0834 e. The molecule has 0 amide bonds. The molecule has 124 valence electrons. The van der Waals surface area contributed by atoms with Crippen LogP contribution >= 0.6 is 0 Å². The van der Waals surface area contributed by atoms with E-state index in [1.54, 1.807) is 0 Å². The van der Waals surface area contributed by atoms with Gasteiger partial charge in [0, 0.05) is 5.41 Å². The molecule has 0 aliphatic heterocycles. The third-order valence-corrected chi connectivity index (χ3v) is 8.59. The van der Waals surface area contributed by atoms with Gasteiger partial charge in [0.2, 0.25) is 0 Å². The Hall–Kier alpha value is -0.340. The molecule has 4 aliphatic carbocycles. The van der Waals surface area contributed by atoms with Crippen LogP contribution in [0.15, 0.2) is 12.2 Å². The molecule has 0 saturated heterocycles. The molecule has 4 saturated carbocycles. The fourth-order valence-corrected chi connectivity index (χ4v) is 7.60. The summed E-state index contributed by atoms with van der Waals surface area (Å²) in [5.74, 6) is 1.48. The van der Waals surface area contributed by atoms with E-state index in [2.05, 4.69) is 27.4 Å². The number of aliphatic hydroxyl groups is 2. The van der Waals surface area contributed by atoms with Crippen LogP contribution in [-0.4, -0.2) is 22.4 Å². The third-order valence-electron chi connectivity index (χ3n) is 8.59. The standard InChI is InChI=1S/C20H32O2/c1-12-13-6-7-14-19(4)9-5-8-18(2,3)15(19)10-16(21)20(14,11-13)17(12)22/h13-17,21-22H,1,5-11H2,2-4H3/t13-,14+,15-,16-,17+,19+,20-/m1/s1. The maximum atomic E-state index is 11.2. The van der Waals surface area contributed by atoms with Crippen molar-refractivity contribution in [2.24, 2.45) is 34.0 Å². The molecule has 22 heavy (non-hydrogen) atoms. The molecule has 0 heterocycles. The van der Waals surface area contributed by atoms with Crippen LogP contribution in [0.25, 0.3) is 0 Å². The maximum absolute atomic E-state index is 11.2. The zero-order chi connectivity index (χ0) is 15.9. The number of hydrogen-bond acceptors (Lipinski definition) is 2. The molecule has 0 aromatic rings. The van der Waals surface area contributed by atoms with Gasteiger partial charge in [-0.1, -0.05) is 33.8 Å². The van der Waals surface area contributed by atoms with Crippen molar-refractivity contribution >= 4 is 0 Å². The van der Waals surface area contributed by atoms with E-state index >= 15 is 0 Å². The minimum atomic E-state index is -0.484. The normalized spacial score (nSPS) is 56.4. The van der Waals surface area contributed by atoms with Crippen molar-refractivity contribution in [3.8, 4) is 0 Å². The van der Waals surface area contributed by atoms with Gasteiger partial charge in [-0.15, -0.1) is 0 Å². The Kier molecular flexibility index (Phi) is 3.03. The second-order valence-electron chi connectivity index (χ2n) is 9.77. The van der Waals surface area contributed by atoms with Crippen molar-refractivity contribution < 1.29 is 10.2 Å². The van der Waals surface area contributed by atoms with Crippen molar-refractivity contribution in [1.82, 2.24) is 0 Å². The Morgan fingerprint density at radius 1 is 1.05 bits per heavy atom. The molecule has 2 heteroatoms. The average molecular weight is 304 g/mol. The molecular formula is C20H32O2. The molecule has 0 unspecified atom stereocenters. The Morgan fingerprint density at radius 2 is 1.77 bits per heavy atom. The van der Waals surface area contributed by atoms with Crippen LogP contribution in [0.2, 0.25) is 0 Å². The van der Waals surface area contributed by atoms with Gasteiger partial charge in [0.05, 0.1) is 12.2 Å². The van der Waals surface area contributed by atoms with Gasteiger partial charge < -0.3 is 10.2 Å². The summed E-state index contributed by atoms with van der Waals surface area (Å²) in [7, 11) is 0. The molecule has 4 rings (SSSR count). The van der Waals surface area contributed by atoms with Gasteiger partial charge in [-0.05, 0) is 72.7 Å². The molecule has 2 N–H and O–H groups in total. The van der Waals surface area contributed by atoms with Gasteiger partial charge in [-0.25, -0.2) is 0 Å². The molecule has 0 aromatic carbocycles. The molecule has 2 bridgehead atoms. The number of aliphatic hydroxyl groups excluding tert-OH is 2. The molecule has 0 aromatic heterocycles. The van der Waals surface area contributed by atoms with Crippen LogP contribution in [0.3, 0.4) is 0 Å². The van der Waals surface area contributed by atoms with Crippen molar-refractivity contribution in [1.29, 1.82) is 0 Å². The second kappa shape index (κ2) is 4.39.